The molecular formula is C15H21FO3. The van der Waals surface area contributed by atoms with Crippen molar-refractivity contribution in [3.8, 4) is 5.75 Å². The van der Waals surface area contributed by atoms with Crippen molar-refractivity contribution in [3.05, 3.63) is 29.6 Å². The molecule has 0 aliphatic carbocycles. The van der Waals surface area contributed by atoms with Gasteiger partial charge in [0, 0.05) is 18.4 Å². The molecule has 2 atom stereocenters. The molecule has 1 aromatic rings. The van der Waals surface area contributed by atoms with Gasteiger partial charge in [0.05, 0.1) is 24.9 Å². The highest BCUT2D eigenvalue weighted by Gasteiger charge is 2.43. The van der Waals surface area contributed by atoms with E-state index >= 15 is 0 Å². The van der Waals surface area contributed by atoms with Crippen molar-refractivity contribution >= 4 is 0 Å². The Morgan fingerprint density at radius 1 is 1.47 bits per heavy atom. The van der Waals surface area contributed by atoms with Gasteiger partial charge in [0.1, 0.15) is 0 Å². The molecule has 2 rings (SSSR count). The molecule has 3 nitrogen and oxygen atoms in total. The van der Waals surface area contributed by atoms with Gasteiger partial charge in [0.2, 0.25) is 0 Å². The lowest BCUT2D eigenvalue weighted by Crippen LogP contribution is -2.45. The molecule has 4 heteroatoms. The van der Waals surface area contributed by atoms with Crippen LogP contribution in [0.5, 0.6) is 5.75 Å². The van der Waals surface area contributed by atoms with Crippen molar-refractivity contribution in [1.29, 1.82) is 0 Å². The van der Waals surface area contributed by atoms with Crippen LogP contribution in [0.1, 0.15) is 38.7 Å². The molecule has 1 heterocycles. The van der Waals surface area contributed by atoms with E-state index in [1.54, 1.807) is 18.2 Å². The zero-order valence-corrected chi connectivity index (χ0v) is 11.7. The number of benzene rings is 1. The average Bonchev–Trinajstić information content (AvgIpc) is 2.38. The van der Waals surface area contributed by atoms with Crippen molar-refractivity contribution in [2.24, 2.45) is 0 Å². The van der Waals surface area contributed by atoms with Crippen molar-refractivity contribution in [2.45, 2.75) is 44.3 Å². The van der Waals surface area contributed by atoms with Gasteiger partial charge in [0.25, 0.3) is 0 Å². The molecule has 19 heavy (non-hydrogen) atoms. The van der Waals surface area contributed by atoms with E-state index in [9.17, 15) is 9.50 Å². The van der Waals surface area contributed by atoms with Gasteiger partial charge in [-0.1, -0.05) is 19.1 Å². The number of rotatable bonds is 3. The topological polar surface area (TPSA) is 38.7 Å². The monoisotopic (exact) mass is 268 g/mol. The maximum atomic E-state index is 14.3. The number of ether oxygens (including phenoxy) is 2. The minimum absolute atomic E-state index is 0.163. The van der Waals surface area contributed by atoms with Crippen molar-refractivity contribution in [1.82, 2.24) is 0 Å². The maximum Gasteiger partial charge on any atom is 0.171 e. The SMILES string of the molecule is CCC1(C)CC(O)(c2cccc(OC)c2F)CCO1. The van der Waals surface area contributed by atoms with Crippen molar-refractivity contribution in [3.63, 3.8) is 0 Å². The summed E-state index contributed by atoms with van der Waals surface area (Å²) in [5.41, 5.74) is -1.31. The minimum Gasteiger partial charge on any atom is -0.494 e. The van der Waals surface area contributed by atoms with E-state index < -0.39 is 17.0 Å². The third-order valence-electron chi connectivity index (χ3n) is 4.07. The number of methoxy groups -OCH3 is 1. The van der Waals surface area contributed by atoms with Gasteiger partial charge < -0.3 is 14.6 Å². The van der Waals surface area contributed by atoms with E-state index in [0.717, 1.165) is 6.42 Å². The Bertz CT molecular complexity index is 463. The van der Waals surface area contributed by atoms with E-state index in [0.29, 0.717) is 25.0 Å². The predicted molar refractivity (Wildman–Crippen MR) is 70.7 cm³/mol. The molecule has 106 valence electrons. The Kier molecular flexibility index (Phi) is 3.83. The standard InChI is InChI=1S/C15H21FO3/c1-4-14(2)10-15(17,8-9-19-14)11-6-5-7-12(18-3)13(11)16/h5-7,17H,4,8-10H2,1-3H3. The predicted octanol–water partition coefficient (Wildman–Crippen LogP) is 3.00. The van der Waals surface area contributed by atoms with Gasteiger partial charge in [-0.2, -0.15) is 0 Å². The third-order valence-corrected chi connectivity index (χ3v) is 4.07. The van der Waals surface area contributed by atoms with E-state index in [1.807, 2.05) is 13.8 Å². The quantitative estimate of drug-likeness (QED) is 0.916. The largest absolute Gasteiger partial charge is 0.494 e. The summed E-state index contributed by atoms with van der Waals surface area (Å²) in [6, 6.07) is 4.88. The molecule has 0 amide bonds. The van der Waals surface area contributed by atoms with Gasteiger partial charge in [-0.25, -0.2) is 4.39 Å². The molecule has 1 saturated heterocycles. The van der Waals surface area contributed by atoms with Crippen LogP contribution in [0.3, 0.4) is 0 Å². The number of aliphatic hydroxyl groups is 1. The highest BCUT2D eigenvalue weighted by Crippen LogP contribution is 2.42. The van der Waals surface area contributed by atoms with Crippen LogP contribution >= 0.6 is 0 Å². The molecule has 0 aromatic heterocycles. The zero-order valence-electron chi connectivity index (χ0n) is 11.7. The summed E-state index contributed by atoms with van der Waals surface area (Å²) in [5, 5.41) is 10.8. The molecule has 1 aliphatic heterocycles. The molecule has 0 saturated carbocycles. The van der Waals surface area contributed by atoms with Crippen LogP contribution in [0.25, 0.3) is 0 Å². The lowest BCUT2D eigenvalue weighted by Gasteiger charge is -2.43. The first kappa shape index (κ1) is 14.3. The summed E-state index contributed by atoms with van der Waals surface area (Å²) in [6.07, 6.45) is 1.56. The zero-order chi connectivity index (χ0) is 14.1. The molecule has 0 spiro atoms. The van der Waals surface area contributed by atoms with E-state index in [-0.39, 0.29) is 5.75 Å². The van der Waals surface area contributed by atoms with Crippen LogP contribution in [-0.2, 0) is 10.3 Å². The fourth-order valence-electron chi connectivity index (χ4n) is 2.71. The summed E-state index contributed by atoms with van der Waals surface area (Å²) in [4.78, 5) is 0. The molecule has 1 aliphatic rings. The summed E-state index contributed by atoms with van der Waals surface area (Å²) >= 11 is 0. The van der Waals surface area contributed by atoms with Gasteiger partial charge in [0.15, 0.2) is 11.6 Å². The van der Waals surface area contributed by atoms with Crippen molar-refractivity contribution < 1.29 is 19.0 Å². The Morgan fingerprint density at radius 3 is 2.84 bits per heavy atom. The second-order valence-corrected chi connectivity index (χ2v) is 5.43. The fraction of sp³-hybridized carbons (Fsp3) is 0.600. The van der Waals surface area contributed by atoms with Crippen LogP contribution in [0.2, 0.25) is 0 Å². The Hall–Kier alpha value is -1.13. The Morgan fingerprint density at radius 2 is 2.21 bits per heavy atom. The molecule has 1 N–H and O–H groups in total. The average molecular weight is 268 g/mol. The van der Waals surface area contributed by atoms with Gasteiger partial charge in [-0.05, 0) is 19.4 Å². The van der Waals surface area contributed by atoms with Gasteiger partial charge in [-0.3, -0.25) is 0 Å². The summed E-state index contributed by atoms with van der Waals surface area (Å²) in [7, 11) is 1.42. The van der Waals surface area contributed by atoms with Crippen LogP contribution in [0.4, 0.5) is 4.39 Å². The van der Waals surface area contributed by atoms with Crippen LogP contribution in [0, 0.1) is 5.82 Å². The van der Waals surface area contributed by atoms with Crippen LogP contribution in [0.15, 0.2) is 18.2 Å². The maximum absolute atomic E-state index is 14.3. The van der Waals surface area contributed by atoms with Gasteiger partial charge in [-0.15, -0.1) is 0 Å². The number of halogens is 1. The first-order valence-electron chi connectivity index (χ1n) is 6.63. The van der Waals surface area contributed by atoms with E-state index in [2.05, 4.69) is 0 Å². The Balaban J connectivity index is 2.39. The number of hydrogen-bond donors (Lipinski definition) is 1. The lowest BCUT2D eigenvalue weighted by atomic mass is 9.77. The summed E-state index contributed by atoms with van der Waals surface area (Å²) in [6.45, 7) is 4.39. The molecule has 1 aromatic carbocycles. The normalized spacial score (nSPS) is 31.2. The smallest absolute Gasteiger partial charge is 0.171 e. The lowest BCUT2D eigenvalue weighted by molar-refractivity contribution is -0.158. The van der Waals surface area contributed by atoms with Crippen LogP contribution < -0.4 is 4.74 Å². The highest BCUT2D eigenvalue weighted by atomic mass is 19.1. The minimum atomic E-state index is -1.19. The molecular weight excluding hydrogens is 247 g/mol. The molecule has 0 bridgehead atoms. The second-order valence-electron chi connectivity index (χ2n) is 5.43. The third kappa shape index (κ3) is 2.60. The molecule has 1 fully saturated rings. The molecule has 2 unspecified atom stereocenters. The van der Waals surface area contributed by atoms with Crippen LogP contribution in [-0.4, -0.2) is 24.4 Å². The van der Waals surface area contributed by atoms with E-state index in [4.69, 9.17) is 9.47 Å². The first-order chi connectivity index (χ1) is 8.94. The first-order valence-corrected chi connectivity index (χ1v) is 6.63. The highest BCUT2D eigenvalue weighted by molar-refractivity contribution is 5.35. The summed E-state index contributed by atoms with van der Waals surface area (Å²) in [5.74, 6) is -0.316. The van der Waals surface area contributed by atoms with E-state index in [1.165, 1.54) is 7.11 Å². The number of hydrogen-bond acceptors (Lipinski definition) is 3. The Labute approximate surface area is 113 Å². The second kappa shape index (κ2) is 5.10. The fourth-order valence-corrected chi connectivity index (χ4v) is 2.71. The van der Waals surface area contributed by atoms with Gasteiger partial charge >= 0.3 is 0 Å². The molecule has 0 radical (unpaired) electrons. The van der Waals surface area contributed by atoms with Crippen molar-refractivity contribution in [2.75, 3.05) is 13.7 Å². The summed E-state index contributed by atoms with van der Waals surface area (Å²) < 4.78 is 25.0.